The Morgan fingerprint density at radius 2 is 1.79 bits per heavy atom. The fourth-order valence-corrected chi connectivity index (χ4v) is 3.40. The molecule has 3 aromatic rings. The van der Waals surface area contributed by atoms with Crippen LogP contribution in [-0.2, 0) is 4.74 Å². The summed E-state index contributed by atoms with van der Waals surface area (Å²) in [5, 5.41) is 2.19. The van der Waals surface area contributed by atoms with Crippen LogP contribution in [0, 0.1) is 0 Å². The molecule has 0 aliphatic carbocycles. The zero-order valence-electron chi connectivity index (χ0n) is 15.9. The number of carbonyl (C=O) groups is 1. The number of hydrogen-bond donors (Lipinski definition) is 0. The van der Waals surface area contributed by atoms with Crippen molar-refractivity contribution in [1.29, 1.82) is 0 Å². The van der Waals surface area contributed by atoms with Gasteiger partial charge in [0.1, 0.15) is 17.6 Å². The maximum atomic E-state index is 13.1. The molecule has 1 amide bonds. The quantitative estimate of drug-likeness (QED) is 0.696. The lowest BCUT2D eigenvalue weighted by molar-refractivity contribution is -0.0246. The van der Waals surface area contributed by atoms with Crippen LogP contribution in [0.5, 0.6) is 11.5 Å². The molecule has 0 spiro atoms. The van der Waals surface area contributed by atoms with Gasteiger partial charge >= 0.3 is 0 Å². The number of nitrogens with zero attached hydrogens (tertiary/aromatic N) is 2. The smallest absolute Gasteiger partial charge is 0.254 e. The molecule has 1 fully saturated rings. The maximum Gasteiger partial charge on any atom is 0.254 e. The van der Waals surface area contributed by atoms with Crippen LogP contribution in [0.2, 0.25) is 0 Å². The minimum atomic E-state index is -0.255. The number of fused-ring (bicyclic) bond motifs is 1. The summed E-state index contributed by atoms with van der Waals surface area (Å²) in [6.07, 6.45) is 1.59. The second-order valence-corrected chi connectivity index (χ2v) is 6.67. The molecule has 1 aromatic heterocycles. The van der Waals surface area contributed by atoms with Crippen LogP contribution >= 0.6 is 0 Å². The predicted molar refractivity (Wildman–Crippen MR) is 106 cm³/mol. The third-order valence-corrected chi connectivity index (χ3v) is 4.93. The number of methoxy groups -OCH3 is 2. The van der Waals surface area contributed by atoms with E-state index in [1.165, 1.54) is 0 Å². The van der Waals surface area contributed by atoms with Gasteiger partial charge in [-0.2, -0.15) is 0 Å². The molecule has 0 bridgehead atoms. The van der Waals surface area contributed by atoms with Crippen LogP contribution in [-0.4, -0.2) is 49.7 Å². The monoisotopic (exact) mass is 378 g/mol. The van der Waals surface area contributed by atoms with Gasteiger partial charge in [-0.1, -0.05) is 24.3 Å². The van der Waals surface area contributed by atoms with Gasteiger partial charge in [-0.25, -0.2) is 0 Å². The number of amides is 1. The van der Waals surface area contributed by atoms with Crippen molar-refractivity contribution in [3.63, 3.8) is 0 Å². The maximum absolute atomic E-state index is 13.1. The molecule has 1 aliphatic rings. The van der Waals surface area contributed by atoms with Crippen LogP contribution < -0.4 is 9.47 Å². The Kier molecular flexibility index (Phi) is 5.12. The van der Waals surface area contributed by atoms with Crippen LogP contribution in [0.3, 0.4) is 0 Å². The van der Waals surface area contributed by atoms with Crippen molar-refractivity contribution in [2.75, 3.05) is 33.9 Å². The highest BCUT2D eigenvalue weighted by molar-refractivity contribution is 5.95. The molecule has 1 aliphatic heterocycles. The zero-order valence-corrected chi connectivity index (χ0v) is 15.9. The number of morpholine rings is 1. The van der Waals surface area contributed by atoms with E-state index in [1.54, 1.807) is 37.3 Å². The first-order valence-corrected chi connectivity index (χ1v) is 9.16. The van der Waals surface area contributed by atoms with Gasteiger partial charge < -0.3 is 19.1 Å². The second-order valence-electron chi connectivity index (χ2n) is 6.67. The molecule has 4 rings (SSSR count). The third-order valence-electron chi connectivity index (χ3n) is 4.93. The lowest BCUT2D eigenvalue weighted by Gasteiger charge is -2.33. The molecule has 1 atom stereocenters. The molecule has 0 radical (unpaired) electrons. The standard InChI is InChI=1S/C22H22N2O4/c1-26-18-9-17(10-19(12-18)27-2)22(25)24-7-8-28-21(14-24)20-11-15-5-3-4-6-16(15)13-23-20/h3-6,9-13,21H,7-8,14H2,1-2H3. The first-order chi connectivity index (χ1) is 13.7. The molecular weight excluding hydrogens is 356 g/mol. The van der Waals surface area contributed by atoms with Crippen molar-refractivity contribution in [3.05, 3.63) is 66.0 Å². The molecule has 0 saturated carbocycles. The summed E-state index contributed by atoms with van der Waals surface area (Å²) in [5.41, 5.74) is 1.36. The summed E-state index contributed by atoms with van der Waals surface area (Å²) in [7, 11) is 3.14. The molecule has 2 heterocycles. The third kappa shape index (κ3) is 3.64. The van der Waals surface area contributed by atoms with Gasteiger partial charge in [-0.05, 0) is 23.6 Å². The SMILES string of the molecule is COc1cc(OC)cc(C(=O)N2CCOC(c3cc4ccccc4cn3)C2)c1. The van der Waals surface area contributed by atoms with Gasteiger partial charge in [0, 0.05) is 29.8 Å². The lowest BCUT2D eigenvalue weighted by atomic mass is 10.1. The predicted octanol–water partition coefficient (Wildman–Crippen LogP) is 3.47. The minimum absolute atomic E-state index is 0.0775. The fraction of sp³-hybridized carbons (Fsp3) is 0.273. The Balaban J connectivity index is 1.57. The minimum Gasteiger partial charge on any atom is -0.497 e. The van der Waals surface area contributed by atoms with Gasteiger partial charge in [0.2, 0.25) is 0 Å². The van der Waals surface area contributed by atoms with E-state index < -0.39 is 0 Å². The summed E-state index contributed by atoms with van der Waals surface area (Å²) in [5.74, 6) is 1.10. The molecule has 6 heteroatoms. The fourth-order valence-electron chi connectivity index (χ4n) is 3.40. The van der Waals surface area contributed by atoms with E-state index in [2.05, 4.69) is 11.1 Å². The molecule has 2 aromatic carbocycles. The van der Waals surface area contributed by atoms with E-state index in [0.717, 1.165) is 16.5 Å². The molecule has 6 nitrogen and oxygen atoms in total. The number of benzene rings is 2. The topological polar surface area (TPSA) is 60.9 Å². The summed E-state index contributed by atoms with van der Waals surface area (Å²) in [6.45, 7) is 1.44. The Labute approximate surface area is 163 Å². The highest BCUT2D eigenvalue weighted by atomic mass is 16.5. The van der Waals surface area contributed by atoms with E-state index in [-0.39, 0.29) is 12.0 Å². The van der Waals surface area contributed by atoms with Gasteiger partial charge in [0.05, 0.1) is 33.1 Å². The number of ether oxygens (including phenoxy) is 3. The summed E-state index contributed by atoms with van der Waals surface area (Å²) in [6, 6.07) is 15.3. The van der Waals surface area contributed by atoms with E-state index in [9.17, 15) is 4.79 Å². The molecule has 0 N–H and O–H groups in total. The Hall–Kier alpha value is -3.12. The molecular formula is C22H22N2O4. The highest BCUT2D eigenvalue weighted by Crippen LogP contribution is 2.27. The first kappa shape index (κ1) is 18.3. The van der Waals surface area contributed by atoms with E-state index in [0.29, 0.717) is 36.8 Å². The van der Waals surface area contributed by atoms with Crippen LogP contribution in [0.1, 0.15) is 22.2 Å². The van der Waals surface area contributed by atoms with Crippen LogP contribution in [0.4, 0.5) is 0 Å². The molecule has 1 saturated heterocycles. The summed E-state index contributed by atoms with van der Waals surface area (Å²) >= 11 is 0. The average molecular weight is 378 g/mol. The summed E-state index contributed by atoms with van der Waals surface area (Å²) in [4.78, 5) is 19.4. The van der Waals surface area contributed by atoms with Gasteiger partial charge in [0.15, 0.2) is 0 Å². The van der Waals surface area contributed by atoms with E-state index in [1.807, 2.05) is 30.5 Å². The van der Waals surface area contributed by atoms with Gasteiger partial charge in [-0.15, -0.1) is 0 Å². The van der Waals surface area contributed by atoms with Crippen molar-refractivity contribution in [2.45, 2.75) is 6.10 Å². The molecule has 28 heavy (non-hydrogen) atoms. The Morgan fingerprint density at radius 1 is 1.07 bits per heavy atom. The number of aromatic nitrogens is 1. The Bertz CT molecular complexity index is 982. The van der Waals surface area contributed by atoms with E-state index >= 15 is 0 Å². The largest absolute Gasteiger partial charge is 0.497 e. The molecule has 144 valence electrons. The number of hydrogen-bond acceptors (Lipinski definition) is 5. The van der Waals surface area contributed by atoms with Crippen LogP contribution in [0.25, 0.3) is 10.8 Å². The lowest BCUT2D eigenvalue weighted by Crippen LogP contribution is -2.42. The summed E-state index contributed by atoms with van der Waals surface area (Å²) < 4.78 is 16.5. The highest BCUT2D eigenvalue weighted by Gasteiger charge is 2.27. The zero-order chi connectivity index (χ0) is 19.5. The van der Waals surface area contributed by atoms with Crippen molar-refractivity contribution in [1.82, 2.24) is 9.88 Å². The normalized spacial score (nSPS) is 16.8. The number of pyridine rings is 1. The molecule has 1 unspecified atom stereocenters. The second kappa shape index (κ2) is 7.86. The van der Waals surface area contributed by atoms with Gasteiger partial charge in [0.25, 0.3) is 5.91 Å². The van der Waals surface area contributed by atoms with Crippen LogP contribution in [0.15, 0.2) is 54.7 Å². The number of rotatable bonds is 4. The number of carbonyl (C=O) groups excluding carboxylic acids is 1. The van der Waals surface area contributed by atoms with Crippen molar-refractivity contribution in [3.8, 4) is 11.5 Å². The average Bonchev–Trinajstić information content (AvgIpc) is 2.77. The van der Waals surface area contributed by atoms with E-state index in [4.69, 9.17) is 14.2 Å². The van der Waals surface area contributed by atoms with Gasteiger partial charge in [-0.3, -0.25) is 9.78 Å². The Morgan fingerprint density at radius 3 is 2.50 bits per heavy atom. The van der Waals surface area contributed by atoms with Crippen molar-refractivity contribution in [2.24, 2.45) is 0 Å². The van der Waals surface area contributed by atoms with Crippen molar-refractivity contribution >= 4 is 16.7 Å². The first-order valence-electron chi connectivity index (χ1n) is 9.16. The van der Waals surface area contributed by atoms with Crippen molar-refractivity contribution < 1.29 is 19.0 Å².